The Morgan fingerprint density at radius 2 is 1.82 bits per heavy atom. The summed E-state index contributed by atoms with van der Waals surface area (Å²) in [6.45, 7) is 5.83. The van der Waals surface area contributed by atoms with Crippen LogP contribution < -0.4 is 14.2 Å². The average Bonchev–Trinajstić information content (AvgIpc) is 3.06. The van der Waals surface area contributed by atoms with E-state index in [4.69, 9.17) is 23.7 Å². The maximum Gasteiger partial charge on any atom is 0.306 e. The van der Waals surface area contributed by atoms with Crippen LogP contribution in [-0.4, -0.2) is 88.3 Å². The molecule has 8 unspecified atom stereocenters. The molecule has 2 aromatic rings. The second-order valence-corrected chi connectivity index (χ2v) is 13.3. The second-order valence-electron chi connectivity index (χ2n) is 13.3. The van der Waals surface area contributed by atoms with Gasteiger partial charge in [-0.25, -0.2) is 0 Å². The number of esters is 1. The number of carbonyl (C=O) groups excluding carboxylic acids is 2. The van der Waals surface area contributed by atoms with Crippen molar-refractivity contribution in [2.75, 3.05) is 20.3 Å². The van der Waals surface area contributed by atoms with Crippen LogP contribution in [0.2, 0.25) is 0 Å². The highest BCUT2D eigenvalue weighted by molar-refractivity contribution is 6.00. The van der Waals surface area contributed by atoms with E-state index < -0.39 is 42.8 Å². The summed E-state index contributed by atoms with van der Waals surface area (Å²) in [7, 11) is 1.43. The summed E-state index contributed by atoms with van der Waals surface area (Å²) in [5, 5.41) is 51.6. The van der Waals surface area contributed by atoms with Gasteiger partial charge in [0, 0.05) is 19.1 Å². The topological polar surface area (TPSA) is 181 Å². The fourth-order valence-electron chi connectivity index (χ4n) is 6.07. The first-order valence-corrected chi connectivity index (χ1v) is 16.9. The van der Waals surface area contributed by atoms with Gasteiger partial charge in [0.1, 0.15) is 48.6 Å². The molecule has 12 nitrogen and oxygen atoms in total. The van der Waals surface area contributed by atoms with Crippen LogP contribution in [0, 0.1) is 11.8 Å². The molecule has 49 heavy (non-hydrogen) atoms. The van der Waals surface area contributed by atoms with Gasteiger partial charge in [0.05, 0.1) is 19.1 Å². The third-order valence-corrected chi connectivity index (χ3v) is 9.01. The lowest BCUT2D eigenvalue weighted by Gasteiger charge is -2.40. The summed E-state index contributed by atoms with van der Waals surface area (Å²) >= 11 is 0. The van der Waals surface area contributed by atoms with E-state index in [1.807, 2.05) is 6.92 Å². The number of Topliss-reactive ketones (excluding diaryl/α,β-unsaturated/α-hetero) is 1. The van der Waals surface area contributed by atoms with Gasteiger partial charge in [-0.1, -0.05) is 37.5 Å². The van der Waals surface area contributed by atoms with Crippen molar-refractivity contribution >= 4 is 11.8 Å². The number of ether oxygens (including phenoxy) is 5. The number of carbonyl (C=O) groups is 2. The zero-order valence-electron chi connectivity index (χ0n) is 28.6. The molecule has 270 valence electrons. The Kier molecular flexibility index (Phi) is 13.9. The van der Waals surface area contributed by atoms with Gasteiger partial charge in [-0.3, -0.25) is 9.59 Å². The normalized spacial score (nSPS) is 24.6. The van der Waals surface area contributed by atoms with Gasteiger partial charge in [-0.15, -0.1) is 0 Å². The van der Waals surface area contributed by atoms with Gasteiger partial charge in [-0.05, 0) is 74.8 Å². The molecule has 0 spiro atoms. The van der Waals surface area contributed by atoms with Crippen LogP contribution in [0.5, 0.6) is 23.0 Å². The zero-order chi connectivity index (χ0) is 35.7. The van der Waals surface area contributed by atoms with E-state index in [-0.39, 0.29) is 66.7 Å². The summed E-state index contributed by atoms with van der Waals surface area (Å²) in [4.78, 5) is 25.5. The van der Waals surface area contributed by atoms with Crippen molar-refractivity contribution in [3.8, 4) is 23.0 Å². The predicted octanol–water partition coefficient (Wildman–Crippen LogP) is 4.39. The van der Waals surface area contributed by atoms with Gasteiger partial charge in [-0.2, -0.15) is 0 Å². The SMILES string of the molecule is COc1ccc(C2CC(=O)c3ccc(OC4OC(COC(=O)CC(C)CCCC(CO)CCC=C(C)C)C(O)C(O)C4O)cc3O2)cc1O. The van der Waals surface area contributed by atoms with Crippen molar-refractivity contribution in [3.63, 3.8) is 0 Å². The quantitative estimate of drug-likeness (QED) is 0.124. The Morgan fingerprint density at radius 1 is 1.04 bits per heavy atom. The highest BCUT2D eigenvalue weighted by Gasteiger charge is 2.45. The Balaban J connectivity index is 1.30. The minimum atomic E-state index is -1.65. The molecule has 0 saturated carbocycles. The standard InChI is InChI=1S/C37H50O12/c1-21(2)7-5-9-23(19-38)10-6-8-22(3)15-33(41)46-20-32-34(42)35(43)36(44)37(49-32)47-25-12-13-26-27(39)18-30(48-31(26)17-25)24-11-14-29(45-4)28(40)16-24/h7,11-14,16-17,22-23,30,32,34-38,40,42-44H,5-6,8-10,15,18-20H2,1-4H3. The third kappa shape index (κ3) is 10.4. The van der Waals surface area contributed by atoms with Gasteiger partial charge >= 0.3 is 5.97 Å². The van der Waals surface area contributed by atoms with Crippen LogP contribution in [0.1, 0.15) is 87.7 Å². The fourth-order valence-corrected chi connectivity index (χ4v) is 6.07. The minimum Gasteiger partial charge on any atom is -0.504 e. The predicted molar refractivity (Wildman–Crippen MR) is 179 cm³/mol. The van der Waals surface area contributed by atoms with Crippen molar-refractivity contribution in [2.24, 2.45) is 11.8 Å². The Morgan fingerprint density at radius 3 is 2.51 bits per heavy atom. The van der Waals surface area contributed by atoms with E-state index in [0.29, 0.717) is 11.1 Å². The fraction of sp³-hybridized carbons (Fsp3) is 0.568. The maximum absolute atomic E-state index is 12.9. The smallest absolute Gasteiger partial charge is 0.306 e. The molecular formula is C37H50O12. The van der Waals surface area contributed by atoms with Crippen molar-refractivity contribution in [2.45, 2.75) is 103 Å². The van der Waals surface area contributed by atoms with Crippen LogP contribution in [0.4, 0.5) is 0 Å². The van der Waals surface area contributed by atoms with Gasteiger partial charge in [0.25, 0.3) is 0 Å². The second kappa shape index (κ2) is 17.8. The molecule has 4 rings (SSSR count). The molecule has 0 aromatic heterocycles. The molecule has 12 heteroatoms. The third-order valence-electron chi connectivity index (χ3n) is 9.01. The van der Waals surface area contributed by atoms with Crippen molar-refractivity contribution in [1.82, 2.24) is 0 Å². The lowest BCUT2D eigenvalue weighted by molar-refractivity contribution is -0.278. The van der Waals surface area contributed by atoms with E-state index in [2.05, 4.69) is 19.9 Å². The zero-order valence-corrected chi connectivity index (χ0v) is 28.6. The number of rotatable bonds is 16. The summed E-state index contributed by atoms with van der Waals surface area (Å²) in [6, 6.07) is 9.21. The molecule has 2 aliphatic heterocycles. The Bertz CT molecular complexity index is 1440. The molecule has 8 atom stereocenters. The molecule has 2 heterocycles. The van der Waals surface area contributed by atoms with Crippen LogP contribution in [0.25, 0.3) is 0 Å². The van der Waals surface area contributed by atoms with Crippen LogP contribution >= 0.6 is 0 Å². The number of aromatic hydroxyl groups is 1. The average molecular weight is 687 g/mol. The van der Waals surface area contributed by atoms with Crippen molar-refractivity contribution < 1.29 is 58.8 Å². The minimum absolute atomic E-state index is 0.0402. The van der Waals surface area contributed by atoms with Crippen LogP contribution in [0.15, 0.2) is 48.0 Å². The molecule has 2 aliphatic rings. The van der Waals surface area contributed by atoms with Gasteiger partial charge in [0.2, 0.25) is 6.29 Å². The first kappa shape index (κ1) is 38.1. The number of phenolic OH excluding ortho intramolecular Hbond substituents is 1. The summed E-state index contributed by atoms with van der Waals surface area (Å²) in [5.41, 5.74) is 2.16. The molecule has 0 aliphatic carbocycles. The molecular weight excluding hydrogens is 636 g/mol. The molecule has 0 radical (unpaired) electrons. The van der Waals surface area contributed by atoms with Gasteiger partial charge in [0.15, 0.2) is 17.3 Å². The number of aliphatic hydroxyl groups excluding tert-OH is 4. The summed E-state index contributed by atoms with van der Waals surface area (Å²) in [6.07, 6.45) is -1.39. The van der Waals surface area contributed by atoms with E-state index in [1.165, 1.54) is 36.9 Å². The molecule has 2 aromatic carbocycles. The van der Waals surface area contributed by atoms with E-state index in [1.54, 1.807) is 12.1 Å². The molecule has 5 N–H and O–H groups in total. The number of phenols is 1. The van der Waals surface area contributed by atoms with Crippen molar-refractivity contribution in [3.05, 3.63) is 59.2 Å². The van der Waals surface area contributed by atoms with E-state index in [0.717, 1.165) is 32.1 Å². The highest BCUT2D eigenvalue weighted by atomic mass is 16.7. The number of ketones is 1. The number of allylic oxidation sites excluding steroid dienone is 2. The molecule has 1 saturated heterocycles. The summed E-state index contributed by atoms with van der Waals surface area (Å²) in [5.74, 6) is 0.163. The molecule has 1 fully saturated rings. The monoisotopic (exact) mass is 686 g/mol. The maximum atomic E-state index is 12.9. The highest BCUT2D eigenvalue weighted by Crippen LogP contribution is 2.39. The lowest BCUT2D eigenvalue weighted by Crippen LogP contribution is -2.60. The lowest BCUT2D eigenvalue weighted by atomic mass is 9.93. The van der Waals surface area contributed by atoms with Crippen molar-refractivity contribution in [1.29, 1.82) is 0 Å². The van der Waals surface area contributed by atoms with E-state index >= 15 is 0 Å². The van der Waals surface area contributed by atoms with Gasteiger partial charge < -0.3 is 49.2 Å². The summed E-state index contributed by atoms with van der Waals surface area (Å²) < 4.78 is 28.1. The Labute approximate surface area is 287 Å². The Hall–Kier alpha value is -3.68. The first-order chi connectivity index (χ1) is 23.4. The number of hydrogen-bond acceptors (Lipinski definition) is 12. The first-order valence-electron chi connectivity index (χ1n) is 16.9. The van der Waals surface area contributed by atoms with Crippen LogP contribution in [0.3, 0.4) is 0 Å². The van der Waals surface area contributed by atoms with E-state index in [9.17, 15) is 35.1 Å². The number of aliphatic hydroxyl groups is 4. The largest absolute Gasteiger partial charge is 0.504 e. The number of hydrogen-bond donors (Lipinski definition) is 5. The van der Waals surface area contributed by atoms with Crippen LogP contribution in [-0.2, 0) is 14.3 Å². The molecule has 0 amide bonds. The molecule has 0 bridgehead atoms. The number of fused-ring (bicyclic) bond motifs is 1. The number of methoxy groups -OCH3 is 1. The number of benzene rings is 2.